The smallest absolute Gasteiger partial charge is 0.290 e. The predicted octanol–water partition coefficient (Wildman–Crippen LogP) is 3.62. The fourth-order valence-electron chi connectivity index (χ4n) is 3.24. The number of nitrogens with zero attached hydrogens (tertiary/aromatic N) is 3. The molecule has 0 aliphatic carbocycles. The molecule has 0 aromatic rings. The second kappa shape index (κ2) is 7.53. The van der Waals surface area contributed by atoms with Crippen LogP contribution in [0, 0.1) is 16.2 Å². The molecule has 1 aliphatic heterocycles. The molecule has 0 amide bonds. The second-order valence-corrected chi connectivity index (χ2v) is 10.8. The van der Waals surface area contributed by atoms with E-state index in [1.165, 1.54) is 0 Å². The lowest BCUT2D eigenvalue weighted by atomic mass is 9.54. The molecule has 0 unspecified atom stereocenters. The van der Waals surface area contributed by atoms with E-state index in [0.29, 0.717) is 17.8 Å². The maximum absolute atomic E-state index is 2.55. The summed E-state index contributed by atoms with van der Waals surface area (Å²) in [5, 5.41) is 0. The standard InChI is InChI=1S/C17H38B3N3/c1-11-20-22(13-16(5,6)7)18-21(12-15(2,3)4)19-23(20)14-17(8,9)10/h11-14H2,1-10H3. The monoisotopic (exact) mass is 317 g/mol. The quantitative estimate of drug-likeness (QED) is 0.733. The molecule has 0 aromatic carbocycles. The zero-order chi connectivity index (χ0) is 18.1. The Hall–Kier alpha value is 0.0748. The van der Waals surface area contributed by atoms with Gasteiger partial charge in [0.15, 0.2) is 0 Å². The summed E-state index contributed by atoms with van der Waals surface area (Å²) >= 11 is 0. The van der Waals surface area contributed by atoms with Crippen LogP contribution in [0.2, 0.25) is 6.32 Å². The molecule has 0 aromatic heterocycles. The summed E-state index contributed by atoms with van der Waals surface area (Å²) < 4.78 is 7.50. The number of hydrogen-bond acceptors (Lipinski definition) is 3. The third kappa shape index (κ3) is 8.13. The van der Waals surface area contributed by atoms with Gasteiger partial charge in [-0.25, -0.2) is 0 Å². The van der Waals surface area contributed by atoms with Crippen molar-refractivity contribution in [2.75, 3.05) is 19.6 Å². The van der Waals surface area contributed by atoms with E-state index in [2.05, 4.69) is 98.5 Å². The molecule has 3 nitrogen and oxygen atoms in total. The fourth-order valence-corrected chi connectivity index (χ4v) is 3.24. The van der Waals surface area contributed by atoms with Gasteiger partial charge in [0.05, 0.1) is 0 Å². The summed E-state index contributed by atoms with van der Waals surface area (Å²) in [6, 6.07) is 0. The van der Waals surface area contributed by atoms with Gasteiger partial charge >= 0.3 is 0 Å². The summed E-state index contributed by atoms with van der Waals surface area (Å²) in [5.41, 5.74) is 0.872. The van der Waals surface area contributed by atoms with Crippen molar-refractivity contribution in [2.24, 2.45) is 16.2 Å². The van der Waals surface area contributed by atoms with E-state index in [4.69, 9.17) is 0 Å². The van der Waals surface area contributed by atoms with E-state index in [1.54, 1.807) is 0 Å². The molecular weight excluding hydrogens is 279 g/mol. The first-order valence-electron chi connectivity index (χ1n) is 9.17. The molecule has 0 spiro atoms. The van der Waals surface area contributed by atoms with Crippen molar-refractivity contribution in [1.29, 1.82) is 0 Å². The van der Waals surface area contributed by atoms with Gasteiger partial charge in [-0.15, -0.1) is 0 Å². The lowest BCUT2D eigenvalue weighted by Gasteiger charge is -2.50. The second-order valence-electron chi connectivity index (χ2n) is 10.8. The summed E-state index contributed by atoms with van der Waals surface area (Å²) in [6.45, 7) is 26.9. The van der Waals surface area contributed by atoms with E-state index in [0.717, 1.165) is 26.0 Å². The van der Waals surface area contributed by atoms with Gasteiger partial charge in [0.2, 0.25) is 0 Å². The third-order valence-corrected chi connectivity index (χ3v) is 3.69. The van der Waals surface area contributed by atoms with Crippen molar-refractivity contribution < 1.29 is 0 Å². The molecule has 130 valence electrons. The molecule has 1 aliphatic rings. The maximum atomic E-state index is 2.55. The first-order valence-corrected chi connectivity index (χ1v) is 9.17. The molecule has 0 N–H and O–H groups in total. The average molecular weight is 317 g/mol. The zero-order valence-electron chi connectivity index (χ0n) is 17.4. The predicted molar refractivity (Wildman–Crippen MR) is 106 cm³/mol. The fraction of sp³-hybridized carbons (Fsp3) is 1.00. The van der Waals surface area contributed by atoms with Crippen LogP contribution in [0.1, 0.15) is 69.2 Å². The largest absolute Gasteiger partial charge is 0.364 e. The van der Waals surface area contributed by atoms with E-state index in [9.17, 15) is 0 Å². The van der Waals surface area contributed by atoms with Crippen LogP contribution in [0.15, 0.2) is 0 Å². The molecule has 2 radical (unpaired) electrons. The summed E-state index contributed by atoms with van der Waals surface area (Å²) in [5.74, 6) is 0. The molecule has 0 atom stereocenters. The van der Waals surface area contributed by atoms with Gasteiger partial charge in [0, 0.05) is 0 Å². The van der Waals surface area contributed by atoms with Gasteiger partial charge in [0.25, 0.3) is 22.1 Å². The third-order valence-electron chi connectivity index (χ3n) is 3.69. The molecule has 1 rings (SSSR count). The highest BCUT2D eigenvalue weighted by Gasteiger charge is 2.40. The van der Waals surface area contributed by atoms with Crippen molar-refractivity contribution in [3.63, 3.8) is 0 Å². The number of rotatable bonds is 4. The Bertz CT molecular complexity index is 343. The SMILES string of the molecule is CCB1N(CC(C)(C)C)[B]N(CC(C)(C)C)[B]N1CC(C)(C)C. The van der Waals surface area contributed by atoms with Gasteiger partial charge in [0.1, 0.15) is 0 Å². The van der Waals surface area contributed by atoms with Crippen LogP contribution in [0.4, 0.5) is 0 Å². The Labute approximate surface area is 148 Å². The Kier molecular flexibility index (Phi) is 6.92. The minimum Gasteiger partial charge on any atom is -0.364 e. The van der Waals surface area contributed by atoms with Crippen molar-refractivity contribution in [1.82, 2.24) is 14.2 Å². The Balaban J connectivity index is 2.96. The van der Waals surface area contributed by atoms with Gasteiger partial charge in [-0.1, -0.05) is 69.2 Å². The van der Waals surface area contributed by atoms with Crippen LogP contribution in [0.25, 0.3) is 0 Å². The molecule has 0 saturated carbocycles. The highest BCUT2D eigenvalue weighted by atomic mass is 15.3. The van der Waals surface area contributed by atoms with E-state index < -0.39 is 0 Å². The summed E-state index contributed by atoms with van der Waals surface area (Å²) in [6.07, 6.45) is 1.14. The van der Waals surface area contributed by atoms with E-state index >= 15 is 0 Å². The normalized spacial score (nSPS) is 19.7. The molecular formula is C17H38B3N3. The molecule has 0 bridgehead atoms. The van der Waals surface area contributed by atoms with Crippen LogP contribution in [0.5, 0.6) is 0 Å². The summed E-state index contributed by atoms with van der Waals surface area (Å²) in [7, 11) is 4.70. The van der Waals surface area contributed by atoms with Crippen LogP contribution in [-0.4, -0.2) is 55.9 Å². The van der Waals surface area contributed by atoms with Crippen LogP contribution >= 0.6 is 0 Å². The van der Waals surface area contributed by atoms with E-state index in [-0.39, 0.29) is 5.41 Å². The van der Waals surface area contributed by atoms with Crippen LogP contribution in [0.3, 0.4) is 0 Å². The topological polar surface area (TPSA) is 9.72 Å². The molecule has 1 saturated heterocycles. The minimum atomic E-state index is 0.285. The molecule has 1 heterocycles. The zero-order valence-corrected chi connectivity index (χ0v) is 17.4. The average Bonchev–Trinajstić information content (AvgIpc) is 2.21. The Morgan fingerprint density at radius 2 is 1.00 bits per heavy atom. The van der Waals surface area contributed by atoms with Crippen molar-refractivity contribution in [2.45, 2.75) is 75.6 Å². The van der Waals surface area contributed by atoms with Crippen molar-refractivity contribution in [3.05, 3.63) is 0 Å². The minimum absolute atomic E-state index is 0.285. The Morgan fingerprint density at radius 3 is 1.26 bits per heavy atom. The molecule has 1 fully saturated rings. The lowest BCUT2D eigenvalue weighted by Crippen LogP contribution is -2.70. The summed E-state index contributed by atoms with van der Waals surface area (Å²) in [4.78, 5) is 0. The molecule has 23 heavy (non-hydrogen) atoms. The first-order chi connectivity index (χ1) is 10.2. The Morgan fingerprint density at radius 1 is 0.652 bits per heavy atom. The highest BCUT2D eigenvalue weighted by Crippen LogP contribution is 2.25. The van der Waals surface area contributed by atoms with Gasteiger partial charge in [-0.2, -0.15) is 0 Å². The first kappa shape index (κ1) is 21.1. The maximum Gasteiger partial charge on any atom is 0.290 e. The number of hydrogen-bond donors (Lipinski definition) is 0. The van der Waals surface area contributed by atoms with Gasteiger partial charge < -0.3 is 14.2 Å². The molecule has 6 heteroatoms. The van der Waals surface area contributed by atoms with Crippen LogP contribution in [-0.2, 0) is 0 Å². The highest BCUT2D eigenvalue weighted by molar-refractivity contribution is 6.74. The van der Waals surface area contributed by atoms with Crippen molar-refractivity contribution in [3.8, 4) is 0 Å². The lowest BCUT2D eigenvalue weighted by molar-refractivity contribution is 0.278. The van der Waals surface area contributed by atoms with Gasteiger partial charge in [-0.3, -0.25) is 0 Å². The van der Waals surface area contributed by atoms with E-state index in [1.807, 2.05) is 0 Å². The van der Waals surface area contributed by atoms with Crippen molar-refractivity contribution >= 4 is 22.1 Å². The van der Waals surface area contributed by atoms with Gasteiger partial charge in [-0.05, 0) is 42.2 Å². The van der Waals surface area contributed by atoms with Crippen LogP contribution < -0.4 is 0 Å².